The average molecular weight is 516 g/mol. The van der Waals surface area contributed by atoms with Gasteiger partial charge in [-0.05, 0) is 57.6 Å². The van der Waals surface area contributed by atoms with E-state index in [9.17, 15) is 4.79 Å². The second-order valence-corrected chi connectivity index (χ2v) is 10.4. The highest BCUT2D eigenvalue weighted by molar-refractivity contribution is 7.73. The van der Waals surface area contributed by atoms with Gasteiger partial charge in [-0.1, -0.05) is 72.3 Å². The second-order valence-electron chi connectivity index (χ2n) is 7.77. The molecule has 0 bridgehead atoms. The van der Waals surface area contributed by atoms with E-state index in [0.29, 0.717) is 0 Å². The van der Waals surface area contributed by atoms with Crippen LogP contribution in [0.3, 0.4) is 0 Å². The number of aliphatic carboxylic acids is 1. The highest BCUT2D eigenvalue weighted by Crippen LogP contribution is 2.33. The van der Waals surface area contributed by atoms with Gasteiger partial charge in [0.1, 0.15) is 0 Å². The molecule has 0 unspecified atom stereocenters. The van der Waals surface area contributed by atoms with E-state index in [1.807, 2.05) is 18.2 Å². The topological polar surface area (TPSA) is 40.5 Å². The lowest BCUT2D eigenvalue weighted by Crippen LogP contribution is -3.00. The molecule has 172 valence electrons. The van der Waals surface area contributed by atoms with E-state index in [4.69, 9.17) is 5.11 Å². The van der Waals surface area contributed by atoms with Crippen LogP contribution in [0.15, 0.2) is 91.0 Å². The summed E-state index contributed by atoms with van der Waals surface area (Å²) in [6.07, 6.45) is 3.14. The summed E-state index contributed by atoms with van der Waals surface area (Å²) in [6.45, 7) is 4.09. The summed E-state index contributed by atoms with van der Waals surface area (Å²) in [5, 5.41) is 11.6. The minimum atomic E-state index is -0.774. The van der Waals surface area contributed by atoms with E-state index < -0.39 is 13.9 Å². The number of carboxylic acid groups (broad SMARTS) is 1. The second kappa shape index (κ2) is 16.6. The molecule has 0 aliphatic carbocycles. The molecule has 0 aromatic heterocycles. The van der Waals surface area contributed by atoms with Gasteiger partial charge in [0.15, 0.2) is 0 Å². The number of hydrogen-bond donors (Lipinski definition) is 1. The van der Waals surface area contributed by atoms with E-state index >= 15 is 0 Å². The average Bonchev–Trinajstić information content (AvgIpc) is 2.79. The normalized spacial score (nSPS) is 10.2. The summed E-state index contributed by atoms with van der Waals surface area (Å²) in [5.74, 6) is -0.698. The van der Waals surface area contributed by atoms with Crippen LogP contribution >= 0.6 is 7.92 Å². The largest absolute Gasteiger partial charge is 1.00 e. The fourth-order valence-electron chi connectivity index (χ4n) is 3.34. The maximum absolute atomic E-state index is 10.6. The van der Waals surface area contributed by atoms with Crippen molar-refractivity contribution in [2.75, 3.05) is 26.3 Å². The SMILES string of the molecule is CN(CCCCC(=O)O)CC[PH+](c1ccccc1)c1ccccc1.Cc1ccccc1.[Br-]. The lowest BCUT2D eigenvalue weighted by molar-refractivity contribution is -0.137. The Morgan fingerprint density at radius 1 is 0.781 bits per heavy atom. The van der Waals surface area contributed by atoms with Crippen LogP contribution in [-0.4, -0.2) is 42.3 Å². The van der Waals surface area contributed by atoms with Crippen LogP contribution in [0.4, 0.5) is 0 Å². The fraction of sp³-hybridized carbons (Fsp3) is 0.296. The predicted octanol–water partition coefficient (Wildman–Crippen LogP) is 2.04. The summed E-state index contributed by atoms with van der Waals surface area (Å²) >= 11 is 0. The first-order valence-electron chi connectivity index (χ1n) is 10.9. The van der Waals surface area contributed by atoms with Gasteiger partial charge in [0.05, 0.1) is 24.7 Å². The van der Waals surface area contributed by atoms with Gasteiger partial charge >= 0.3 is 5.97 Å². The highest BCUT2D eigenvalue weighted by atomic mass is 79.9. The van der Waals surface area contributed by atoms with Gasteiger partial charge in [0.2, 0.25) is 0 Å². The van der Waals surface area contributed by atoms with Crippen LogP contribution in [0.25, 0.3) is 0 Å². The Morgan fingerprint density at radius 2 is 1.25 bits per heavy atom. The molecular weight excluding hydrogens is 481 g/mol. The van der Waals surface area contributed by atoms with Crippen molar-refractivity contribution in [3.05, 3.63) is 96.6 Å². The smallest absolute Gasteiger partial charge is 0.303 e. The lowest BCUT2D eigenvalue weighted by atomic mass is 10.2. The highest BCUT2D eigenvalue weighted by Gasteiger charge is 2.22. The number of unbranched alkanes of at least 4 members (excludes halogenated alkanes) is 1. The standard InChI is InChI=1S/C20H26NO2P.C7H8.BrH/c1-21(15-9-8-14-20(22)23)16-17-24(18-10-4-2-5-11-18)19-12-6-3-7-13-19;1-7-5-3-2-4-6-7;/h2-7,10-13H,8-9,14-17H2,1H3,(H,22,23);2-6H,1H3;1H. The molecule has 0 atom stereocenters. The first-order chi connectivity index (χ1) is 15.1. The zero-order valence-electron chi connectivity index (χ0n) is 19.1. The molecule has 3 aromatic rings. The molecule has 0 heterocycles. The molecule has 5 heteroatoms. The third-order valence-corrected chi connectivity index (χ3v) is 7.89. The number of carboxylic acids is 1. The number of nitrogens with zero attached hydrogens (tertiary/aromatic N) is 1. The molecule has 1 N–H and O–H groups in total. The van der Waals surface area contributed by atoms with Crippen molar-refractivity contribution in [2.24, 2.45) is 0 Å². The van der Waals surface area contributed by atoms with Crippen molar-refractivity contribution in [1.29, 1.82) is 0 Å². The van der Waals surface area contributed by atoms with E-state index in [0.717, 1.165) is 32.1 Å². The van der Waals surface area contributed by atoms with Crippen molar-refractivity contribution in [2.45, 2.75) is 26.2 Å². The number of halogens is 1. The minimum Gasteiger partial charge on any atom is -1.00 e. The molecule has 0 saturated heterocycles. The molecule has 0 spiro atoms. The van der Waals surface area contributed by atoms with Crippen molar-refractivity contribution >= 4 is 24.5 Å². The van der Waals surface area contributed by atoms with Gasteiger partial charge in [-0.2, -0.15) is 0 Å². The molecule has 0 aliphatic rings. The zero-order valence-corrected chi connectivity index (χ0v) is 21.7. The third kappa shape index (κ3) is 11.6. The van der Waals surface area contributed by atoms with Gasteiger partial charge in [0.25, 0.3) is 0 Å². The van der Waals surface area contributed by atoms with Crippen molar-refractivity contribution in [3.63, 3.8) is 0 Å². The van der Waals surface area contributed by atoms with Crippen molar-refractivity contribution < 1.29 is 26.9 Å². The fourth-order valence-corrected chi connectivity index (χ4v) is 6.05. The van der Waals surface area contributed by atoms with Gasteiger partial charge in [-0.25, -0.2) is 0 Å². The summed E-state index contributed by atoms with van der Waals surface area (Å²) in [4.78, 5) is 12.9. The maximum atomic E-state index is 10.6. The van der Waals surface area contributed by atoms with E-state index in [1.165, 1.54) is 16.2 Å². The van der Waals surface area contributed by atoms with Gasteiger partial charge in [-0.3, -0.25) is 4.79 Å². The number of hydrogen-bond acceptors (Lipinski definition) is 2. The molecule has 3 rings (SSSR count). The zero-order chi connectivity index (χ0) is 22.3. The molecule has 0 amide bonds. The van der Waals surface area contributed by atoms with Crippen LogP contribution in [0.2, 0.25) is 0 Å². The summed E-state index contributed by atoms with van der Waals surface area (Å²) in [5.41, 5.74) is 1.32. The molecule has 0 fully saturated rings. The van der Waals surface area contributed by atoms with Gasteiger partial charge in [0, 0.05) is 13.0 Å². The van der Waals surface area contributed by atoms with Crippen molar-refractivity contribution in [3.8, 4) is 0 Å². The molecule has 3 nitrogen and oxygen atoms in total. The Bertz CT molecular complexity index is 823. The van der Waals surface area contributed by atoms with Crippen LogP contribution in [0, 0.1) is 6.92 Å². The quantitative estimate of drug-likeness (QED) is 0.331. The minimum absolute atomic E-state index is 0. The maximum Gasteiger partial charge on any atom is 0.303 e. The van der Waals surface area contributed by atoms with E-state index in [2.05, 4.69) is 91.7 Å². The van der Waals surface area contributed by atoms with Crippen LogP contribution < -0.4 is 27.6 Å². The van der Waals surface area contributed by atoms with Gasteiger partial charge in [-0.15, -0.1) is 0 Å². The van der Waals surface area contributed by atoms with Crippen LogP contribution in [0.1, 0.15) is 24.8 Å². The molecule has 0 saturated carbocycles. The Labute approximate surface area is 205 Å². The lowest BCUT2D eigenvalue weighted by Gasteiger charge is -2.18. The molecule has 0 radical (unpaired) electrons. The van der Waals surface area contributed by atoms with Crippen LogP contribution in [-0.2, 0) is 4.79 Å². The van der Waals surface area contributed by atoms with Crippen molar-refractivity contribution in [1.82, 2.24) is 4.90 Å². The summed E-state index contributed by atoms with van der Waals surface area (Å²) in [6, 6.07) is 31.9. The molecule has 32 heavy (non-hydrogen) atoms. The number of benzene rings is 3. The molecule has 0 aliphatic heterocycles. The third-order valence-electron chi connectivity index (χ3n) is 5.11. The Morgan fingerprint density at radius 3 is 1.66 bits per heavy atom. The number of rotatable bonds is 10. The molecule has 3 aromatic carbocycles. The Balaban J connectivity index is 0.000000545. The monoisotopic (exact) mass is 515 g/mol. The number of aryl methyl sites for hydroxylation is 1. The Hall–Kier alpha value is -2.00. The van der Waals surface area contributed by atoms with Gasteiger partial charge < -0.3 is 27.0 Å². The molecular formula is C27H35BrNO2P. The van der Waals surface area contributed by atoms with E-state index in [-0.39, 0.29) is 23.4 Å². The predicted molar refractivity (Wildman–Crippen MR) is 135 cm³/mol. The Kier molecular flexibility index (Phi) is 14.5. The summed E-state index contributed by atoms with van der Waals surface area (Å²) < 4.78 is 0. The van der Waals surface area contributed by atoms with E-state index in [1.54, 1.807) is 0 Å². The first kappa shape index (κ1) is 28.0. The first-order valence-corrected chi connectivity index (χ1v) is 12.7. The van der Waals surface area contributed by atoms with Crippen LogP contribution in [0.5, 0.6) is 0 Å². The summed E-state index contributed by atoms with van der Waals surface area (Å²) in [7, 11) is 1.36. The number of carbonyl (C=O) groups is 1.